The third-order valence-corrected chi connectivity index (χ3v) is 3.67. The summed E-state index contributed by atoms with van der Waals surface area (Å²) in [4.78, 5) is 23.2. The Bertz CT molecular complexity index is 700. The molecule has 1 aromatic carbocycles. The van der Waals surface area contributed by atoms with Crippen molar-refractivity contribution in [3.8, 4) is 17.1 Å². The van der Waals surface area contributed by atoms with Gasteiger partial charge in [0.25, 0.3) is 0 Å². The summed E-state index contributed by atoms with van der Waals surface area (Å²) in [6, 6.07) is 7.54. The second-order valence-corrected chi connectivity index (χ2v) is 5.02. The van der Waals surface area contributed by atoms with Crippen LogP contribution in [0.3, 0.4) is 0 Å². The van der Waals surface area contributed by atoms with Crippen LogP contribution in [0, 0.1) is 0 Å². The summed E-state index contributed by atoms with van der Waals surface area (Å²) in [6.07, 6.45) is 1.53. The lowest BCUT2D eigenvalue weighted by molar-refractivity contribution is 0.0526. The van der Waals surface area contributed by atoms with Gasteiger partial charge >= 0.3 is 5.97 Å². The molecule has 0 fully saturated rings. The van der Waals surface area contributed by atoms with Crippen molar-refractivity contribution in [1.82, 2.24) is 9.97 Å². The smallest absolute Gasteiger partial charge is 0.343 e. The molecule has 0 N–H and O–H groups in total. The third kappa shape index (κ3) is 3.64. The SMILES string of the molecule is CCOC(=O)c1cnc(-c2ccccc2OC)nc1N(CC)CC. The maximum atomic E-state index is 12.2. The summed E-state index contributed by atoms with van der Waals surface area (Å²) >= 11 is 0. The Kier molecular flexibility index (Phi) is 6.12. The number of methoxy groups -OCH3 is 1. The summed E-state index contributed by atoms with van der Waals surface area (Å²) in [5.41, 5.74) is 1.16. The van der Waals surface area contributed by atoms with Gasteiger partial charge in [0.2, 0.25) is 0 Å². The first kappa shape index (κ1) is 17.7. The molecule has 0 aliphatic carbocycles. The molecule has 128 valence electrons. The Morgan fingerprint density at radius 2 is 1.88 bits per heavy atom. The van der Waals surface area contributed by atoms with E-state index >= 15 is 0 Å². The molecule has 6 heteroatoms. The van der Waals surface area contributed by atoms with Crippen molar-refractivity contribution in [3.05, 3.63) is 36.0 Å². The molecular formula is C18H23N3O3. The van der Waals surface area contributed by atoms with Gasteiger partial charge in [0.15, 0.2) is 5.82 Å². The molecule has 0 aliphatic heterocycles. The van der Waals surface area contributed by atoms with Gasteiger partial charge in [-0.1, -0.05) is 12.1 Å². The van der Waals surface area contributed by atoms with Gasteiger partial charge in [0.05, 0.1) is 19.3 Å². The van der Waals surface area contributed by atoms with E-state index in [1.165, 1.54) is 6.20 Å². The number of para-hydroxylation sites is 1. The van der Waals surface area contributed by atoms with E-state index in [0.29, 0.717) is 29.6 Å². The van der Waals surface area contributed by atoms with E-state index in [1.54, 1.807) is 14.0 Å². The van der Waals surface area contributed by atoms with Gasteiger partial charge in [-0.15, -0.1) is 0 Å². The molecule has 24 heavy (non-hydrogen) atoms. The number of nitrogens with zero attached hydrogens (tertiary/aromatic N) is 3. The molecule has 0 spiro atoms. The number of hydrogen-bond donors (Lipinski definition) is 0. The van der Waals surface area contributed by atoms with Crippen molar-refractivity contribution in [2.24, 2.45) is 0 Å². The number of ether oxygens (including phenoxy) is 2. The second-order valence-electron chi connectivity index (χ2n) is 5.02. The molecular weight excluding hydrogens is 306 g/mol. The standard InChI is InChI=1S/C18H23N3O3/c1-5-21(6-2)17-14(18(22)24-7-3)12-19-16(20-17)13-10-8-9-11-15(13)23-4/h8-12H,5-7H2,1-4H3. The Morgan fingerprint density at radius 3 is 2.50 bits per heavy atom. The lowest BCUT2D eigenvalue weighted by Gasteiger charge is -2.22. The van der Waals surface area contributed by atoms with Gasteiger partial charge in [-0.3, -0.25) is 0 Å². The van der Waals surface area contributed by atoms with Crippen LogP contribution < -0.4 is 9.64 Å². The average molecular weight is 329 g/mol. The highest BCUT2D eigenvalue weighted by molar-refractivity contribution is 5.95. The predicted octanol–water partition coefficient (Wildman–Crippen LogP) is 3.18. The number of aromatic nitrogens is 2. The lowest BCUT2D eigenvalue weighted by atomic mass is 10.1. The summed E-state index contributed by atoms with van der Waals surface area (Å²) < 4.78 is 10.5. The number of hydrogen-bond acceptors (Lipinski definition) is 6. The number of carbonyl (C=O) groups excluding carboxylic acids is 1. The minimum Gasteiger partial charge on any atom is -0.496 e. The fourth-order valence-electron chi connectivity index (χ4n) is 2.45. The van der Waals surface area contributed by atoms with Crippen molar-refractivity contribution in [1.29, 1.82) is 0 Å². The summed E-state index contributed by atoms with van der Waals surface area (Å²) in [5, 5.41) is 0. The molecule has 6 nitrogen and oxygen atoms in total. The van der Waals surface area contributed by atoms with Crippen molar-refractivity contribution in [3.63, 3.8) is 0 Å². The Labute approximate surface area is 142 Å². The van der Waals surface area contributed by atoms with Crippen LogP contribution in [-0.2, 0) is 4.74 Å². The molecule has 1 heterocycles. The van der Waals surface area contributed by atoms with E-state index in [9.17, 15) is 4.79 Å². The van der Waals surface area contributed by atoms with E-state index < -0.39 is 5.97 Å². The van der Waals surface area contributed by atoms with Crippen molar-refractivity contribution in [2.45, 2.75) is 20.8 Å². The third-order valence-electron chi connectivity index (χ3n) is 3.67. The van der Waals surface area contributed by atoms with Crippen LogP contribution in [0.1, 0.15) is 31.1 Å². The maximum absolute atomic E-state index is 12.2. The second kappa shape index (κ2) is 8.29. The Hall–Kier alpha value is -2.63. The van der Waals surface area contributed by atoms with Crippen LogP contribution in [-0.4, -0.2) is 42.7 Å². The quantitative estimate of drug-likeness (QED) is 0.727. The molecule has 0 radical (unpaired) electrons. The van der Waals surface area contributed by atoms with Crippen molar-refractivity contribution < 1.29 is 14.3 Å². The van der Waals surface area contributed by atoms with Gasteiger partial charge in [0, 0.05) is 19.3 Å². The zero-order valence-corrected chi connectivity index (χ0v) is 14.6. The number of esters is 1. The highest BCUT2D eigenvalue weighted by Crippen LogP contribution is 2.29. The molecule has 2 rings (SSSR count). The highest BCUT2D eigenvalue weighted by atomic mass is 16.5. The fourth-order valence-corrected chi connectivity index (χ4v) is 2.45. The Morgan fingerprint density at radius 1 is 1.17 bits per heavy atom. The largest absolute Gasteiger partial charge is 0.496 e. The zero-order valence-electron chi connectivity index (χ0n) is 14.6. The maximum Gasteiger partial charge on any atom is 0.343 e. The average Bonchev–Trinajstić information content (AvgIpc) is 2.62. The first-order chi connectivity index (χ1) is 11.7. The summed E-state index contributed by atoms with van der Waals surface area (Å²) in [7, 11) is 1.61. The van der Waals surface area contributed by atoms with Gasteiger partial charge in [-0.2, -0.15) is 0 Å². The minimum atomic E-state index is -0.411. The number of carbonyl (C=O) groups is 1. The monoisotopic (exact) mass is 329 g/mol. The van der Waals surface area contributed by atoms with Crippen LogP contribution in [0.2, 0.25) is 0 Å². The number of rotatable bonds is 7. The Balaban J connectivity index is 2.57. The molecule has 0 bridgehead atoms. The first-order valence-electron chi connectivity index (χ1n) is 8.08. The fraction of sp³-hybridized carbons (Fsp3) is 0.389. The minimum absolute atomic E-state index is 0.310. The number of benzene rings is 1. The zero-order chi connectivity index (χ0) is 17.5. The van der Waals surface area contributed by atoms with Gasteiger partial charge in [-0.25, -0.2) is 14.8 Å². The van der Waals surface area contributed by atoms with E-state index in [0.717, 1.165) is 18.7 Å². The van der Waals surface area contributed by atoms with E-state index in [2.05, 4.69) is 9.97 Å². The van der Waals surface area contributed by atoms with Crippen molar-refractivity contribution in [2.75, 3.05) is 31.7 Å². The molecule has 0 atom stereocenters. The van der Waals surface area contributed by atoms with E-state index in [4.69, 9.17) is 9.47 Å². The van der Waals surface area contributed by atoms with Crippen LogP contribution in [0.15, 0.2) is 30.5 Å². The topological polar surface area (TPSA) is 64.5 Å². The molecule has 0 saturated heterocycles. The van der Waals surface area contributed by atoms with Crippen LogP contribution in [0.4, 0.5) is 5.82 Å². The normalized spacial score (nSPS) is 10.3. The molecule has 2 aromatic rings. The predicted molar refractivity (Wildman–Crippen MR) is 93.5 cm³/mol. The summed E-state index contributed by atoms with van der Waals surface area (Å²) in [6.45, 7) is 7.58. The van der Waals surface area contributed by atoms with Crippen LogP contribution in [0.25, 0.3) is 11.4 Å². The first-order valence-corrected chi connectivity index (χ1v) is 8.08. The summed E-state index contributed by atoms with van der Waals surface area (Å²) in [5.74, 6) is 1.37. The van der Waals surface area contributed by atoms with Crippen LogP contribution in [0.5, 0.6) is 5.75 Å². The lowest BCUT2D eigenvalue weighted by Crippen LogP contribution is -2.26. The van der Waals surface area contributed by atoms with Gasteiger partial charge in [0.1, 0.15) is 17.1 Å². The molecule has 0 saturated carbocycles. The molecule has 0 unspecified atom stereocenters. The molecule has 0 amide bonds. The van der Waals surface area contributed by atoms with E-state index in [1.807, 2.05) is 43.0 Å². The molecule has 0 aliphatic rings. The molecule has 1 aromatic heterocycles. The van der Waals surface area contributed by atoms with Gasteiger partial charge < -0.3 is 14.4 Å². The van der Waals surface area contributed by atoms with Crippen molar-refractivity contribution >= 4 is 11.8 Å². The van der Waals surface area contributed by atoms with Crippen LogP contribution >= 0.6 is 0 Å². The number of anilines is 1. The highest BCUT2D eigenvalue weighted by Gasteiger charge is 2.20. The van der Waals surface area contributed by atoms with E-state index in [-0.39, 0.29) is 0 Å². The van der Waals surface area contributed by atoms with Gasteiger partial charge in [-0.05, 0) is 32.9 Å².